The second-order valence-corrected chi connectivity index (χ2v) is 5.51. The molecule has 1 atom stereocenters. The maximum Gasteiger partial charge on any atom is 0.324 e. The number of halogens is 1. The zero-order valence-corrected chi connectivity index (χ0v) is 12.0. The molecule has 0 aliphatic heterocycles. The molecular weight excluding hydrogens is 309 g/mol. The van der Waals surface area contributed by atoms with Crippen LogP contribution >= 0.6 is 0 Å². The number of ether oxygens (including phenoxy) is 2. The van der Waals surface area contributed by atoms with Gasteiger partial charge in [-0.1, -0.05) is 0 Å². The predicted molar refractivity (Wildman–Crippen MR) is 68.3 cm³/mol. The van der Waals surface area contributed by atoms with E-state index in [9.17, 15) is 17.6 Å². The fourth-order valence-electron chi connectivity index (χ4n) is 1.46. The van der Waals surface area contributed by atoms with E-state index in [0.717, 1.165) is 12.1 Å². The van der Waals surface area contributed by atoms with Gasteiger partial charge < -0.3 is 19.7 Å². The number of nitrogens with one attached hydrogen (secondary N) is 1. The largest absolute Gasteiger partial charge is 0.493 e. The third-order valence-corrected chi connectivity index (χ3v) is 3.99. The minimum atomic E-state index is -4.51. The molecule has 21 heavy (non-hydrogen) atoms. The van der Waals surface area contributed by atoms with Crippen molar-refractivity contribution in [1.29, 1.82) is 0 Å². The van der Waals surface area contributed by atoms with E-state index in [1.807, 2.05) is 0 Å². The van der Waals surface area contributed by atoms with Crippen molar-refractivity contribution >= 4 is 16.0 Å². The summed E-state index contributed by atoms with van der Waals surface area (Å²) in [7, 11) is -2.03. The van der Waals surface area contributed by atoms with Crippen LogP contribution in [0.25, 0.3) is 0 Å². The van der Waals surface area contributed by atoms with E-state index < -0.39 is 39.4 Å². The van der Waals surface area contributed by atoms with Crippen LogP contribution in [0.15, 0.2) is 17.0 Å². The summed E-state index contributed by atoms with van der Waals surface area (Å²) in [6.07, 6.45) is 0. The average Bonchev–Trinajstić information content (AvgIpc) is 2.43. The lowest BCUT2D eigenvalue weighted by atomic mass is 10.3. The van der Waals surface area contributed by atoms with Crippen LogP contribution < -0.4 is 14.2 Å². The molecule has 0 fully saturated rings. The molecule has 0 aromatic heterocycles. The molecule has 0 bridgehead atoms. The number of carboxylic acid groups (broad SMARTS) is 1. The number of methoxy groups -OCH3 is 2. The molecule has 0 radical (unpaired) electrons. The van der Waals surface area contributed by atoms with Crippen molar-refractivity contribution in [2.24, 2.45) is 0 Å². The van der Waals surface area contributed by atoms with Crippen LogP contribution in [0, 0.1) is 5.82 Å². The van der Waals surface area contributed by atoms with Crippen molar-refractivity contribution in [3.63, 3.8) is 0 Å². The summed E-state index contributed by atoms with van der Waals surface area (Å²) in [4.78, 5) is 9.90. The first-order chi connectivity index (χ1) is 9.76. The highest BCUT2D eigenvalue weighted by molar-refractivity contribution is 7.89. The number of benzene rings is 1. The molecule has 1 rings (SSSR count). The van der Waals surface area contributed by atoms with Crippen LogP contribution in [0.4, 0.5) is 4.39 Å². The van der Waals surface area contributed by atoms with Gasteiger partial charge in [0.15, 0.2) is 11.5 Å². The highest BCUT2D eigenvalue weighted by Gasteiger charge is 2.28. The third kappa shape index (κ3) is 3.80. The molecule has 10 heteroatoms. The van der Waals surface area contributed by atoms with Crippen molar-refractivity contribution < 1.29 is 37.3 Å². The van der Waals surface area contributed by atoms with Crippen LogP contribution in [0.1, 0.15) is 0 Å². The van der Waals surface area contributed by atoms with Gasteiger partial charge in [0.05, 0.1) is 20.8 Å². The van der Waals surface area contributed by atoms with Gasteiger partial charge in [0.1, 0.15) is 16.8 Å². The molecule has 0 aliphatic rings. The molecule has 1 aromatic rings. The molecule has 0 unspecified atom stereocenters. The molecule has 3 N–H and O–H groups in total. The highest BCUT2D eigenvalue weighted by atomic mass is 32.2. The maximum atomic E-state index is 13.8. The second-order valence-electron chi connectivity index (χ2n) is 3.83. The van der Waals surface area contributed by atoms with E-state index in [2.05, 4.69) is 0 Å². The number of sulfonamides is 1. The quantitative estimate of drug-likeness (QED) is 0.622. The zero-order valence-electron chi connectivity index (χ0n) is 11.2. The van der Waals surface area contributed by atoms with Gasteiger partial charge in [-0.2, -0.15) is 4.72 Å². The Kier molecular flexibility index (Phi) is 5.47. The first-order valence-electron chi connectivity index (χ1n) is 5.54. The van der Waals surface area contributed by atoms with Crippen LogP contribution in [0.5, 0.6) is 11.5 Å². The smallest absolute Gasteiger partial charge is 0.324 e. The zero-order chi connectivity index (χ0) is 16.2. The fourth-order valence-corrected chi connectivity index (χ4v) is 2.71. The number of hydrogen-bond donors (Lipinski definition) is 3. The summed E-state index contributed by atoms with van der Waals surface area (Å²) in [6.45, 7) is -0.983. The Hall–Kier alpha value is -1.91. The minimum absolute atomic E-state index is 0.0223. The molecule has 0 saturated carbocycles. The Morgan fingerprint density at radius 2 is 1.86 bits per heavy atom. The molecule has 1 aromatic carbocycles. The lowest BCUT2D eigenvalue weighted by Crippen LogP contribution is -2.43. The monoisotopic (exact) mass is 323 g/mol. The summed E-state index contributed by atoms with van der Waals surface area (Å²) in [5.41, 5.74) is 0. The Balaban J connectivity index is 3.28. The van der Waals surface area contributed by atoms with Crippen LogP contribution in [0.3, 0.4) is 0 Å². The lowest BCUT2D eigenvalue weighted by Gasteiger charge is -2.14. The van der Waals surface area contributed by atoms with Crippen molar-refractivity contribution in [1.82, 2.24) is 4.72 Å². The number of aliphatic hydroxyl groups is 1. The maximum absolute atomic E-state index is 13.8. The molecule has 0 saturated heterocycles. The third-order valence-electron chi connectivity index (χ3n) is 2.51. The number of rotatable bonds is 7. The summed E-state index contributed by atoms with van der Waals surface area (Å²) in [6, 6.07) is -0.142. The number of hydrogen-bond acceptors (Lipinski definition) is 6. The van der Waals surface area contributed by atoms with Gasteiger partial charge in [0, 0.05) is 12.1 Å². The minimum Gasteiger partial charge on any atom is -0.493 e. The summed E-state index contributed by atoms with van der Waals surface area (Å²) >= 11 is 0. The summed E-state index contributed by atoms with van der Waals surface area (Å²) < 4.78 is 49.1. The second kappa shape index (κ2) is 6.70. The predicted octanol–water partition coefficient (Wildman–Crippen LogP) is -0.433. The lowest BCUT2D eigenvalue weighted by molar-refractivity contribution is -0.139. The van der Waals surface area contributed by atoms with Crippen molar-refractivity contribution in [3.05, 3.63) is 17.9 Å². The van der Waals surface area contributed by atoms with Gasteiger partial charge in [-0.25, -0.2) is 12.8 Å². The molecule has 8 nitrogen and oxygen atoms in total. The summed E-state index contributed by atoms with van der Waals surface area (Å²) in [5.74, 6) is -2.81. The van der Waals surface area contributed by atoms with Gasteiger partial charge >= 0.3 is 5.97 Å². The van der Waals surface area contributed by atoms with E-state index >= 15 is 0 Å². The van der Waals surface area contributed by atoms with Crippen LogP contribution in [-0.2, 0) is 14.8 Å². The van der Waals surface area contributed by atoms with Gasteiger partial charge in [0.2, 0.25) is 10.0 Å². The number of aliphatic hydroxyl groups excluding tert-OH is 1. The molecule has 0 amide bonds. The first-order valence-corrected chi connectivity index (χ1v) is 7.02. The standard InChI is InChI=1S/C11H14FNO7S/c1-19-8-3-6(12)10(4-9(8)20-2)21(17,18)13-7(5-14)11(15)16/h3-4,7,13-14H,5H2,1-2H3,(H,15,16)/t7-/m1/s1. The van der Waals surface area contributed by atoms with Gasteiger partial charge in [0.25, 0.3) is 0 Å². The molecule has 118 valence electrons. The topological polar surface area (TPSA) is 122 Å². The van der Waals surface area contributed by atoms with Crippen molar-refractivity contribution in [3.8, 4) is 11.5 Å². The van der Waals surface area contributed by atoms with Gasteiger partial charge in [-0.3, -0.25) is 4.79 Å². The molecule has 0 spiro atoms. The van der Waals surface area contributed by atoms with Crippen molar-refractivity contribution in [2.45, 2.75) is 10.9 Å². The molecule has 0 aliphatic carbocycles. The highest BCUT2D eigenvalue weighted by Crippen LogP contribution is 2.31. The van der Waals surface area contributed by atoms with E-state index in [1.165, 1.54) is 14.2 Å². The fraction of sp³-hybridized carbons (Fsp3) is 0.364. The Bertz CT molecular complexity index is 632. The Morgan fingerprint density at radius 1 is 1.33 bits per heavy atom. The Labute approximate surface area is 120 Å². The SMILES string of the molecule is COc1cc(F)c(S(=O)(=O)N[C@H](CO)C(=O)O)cc1OC. The van der Waals surface area contributed by atoms with E-state index in [1.54, 1.807) is 4.72 Å². The Morgan fingerprint density at radius 3 is 2.29 bits per heavy atom. The molecule has 0 heterocycles. The van der Waals surface area contributed by atoms with Crippen LogP contribution in [-0.4, -0.2) is 51.5 Å². The number of carbonyl (C=O) groups is 1. The number of aliphatic carboxylic acids is 1. The van der Waals surface area contributed by atoms with Gasteiger partial charge in [-0.05, 0) is 0 Å². The average molecular weight is 323 g/mol. The van der Waals surface area contributed by atoms with Gasteiger partial charge in [-0.15, -0.1) is 0 Å². The van der Waals surface area contributed by atoms with Crippen molar-refractivity contribution in [2.75, 3.05) is 20.8 Å². The van der Waals surface area contributed by atoms with Crippen LogP contribution in [0.2, 0.25) is 0 Å². The normalized spacial score (nSPS) is 12.8. The summed E-state index contributed by atoms with van der Waals surface area (Å²) in [5, 5.41) is 17.5. The van der Waals surface area contributed by atoms with E-state index in [0.29, 0.717) is 0 Å². The first kappa shape index (κ1) is 17.1. The van der Waals surface area contributed by atoms with E-state index in [-0.39, 0.29) is 11.5 Å². The van der Waals surface area contributed by atoms with E-state index in [4.69, 9.17) is 19.7 Å². The molecular formula is C11H14FNO7S. The number of carboxylic acids is 1.